The van der Waals surface area contributed by atoms with Crippen LogP contribution in [0.4, 0.5) is 18.9 Å². The summed E-state index contributed by atoms with van der Waals surface area (Å²) >= 11 is 0. The molecular formula is C24H25F3N2O2S. The van der Waals surface area contributed by atoms with E-state index in [0.717, 1.165) is 37.8 Å². The van der Waals surface area contributed by atoms with Gasteiger partial charge in [-0.25, -0.2) is 0 Å². The molecule has 1 aliphatic heterocycles. The summed E-state index contributed by atoms with van der Waals surface area (Å²) in [5.41, 5.74) is -0.0960. The molecule has 1 saturated heterocycles. The Morgan fingerprint density at radius 3 is 2.50 bits per heavy atom. The molecule has 2 N–H and O–H groups in total. The van der Waals surface area contributed by atoms with Gasteiger partial charge in [-0.2, -0.15) is 18.4 Å². The van der Waals surface area contributed by atoms with Crippen molar-refractivity contribution < 1.29 is 22.3 Å². The Kier molecular flexibility index (Phi) is 5.19. The molecule has 8 heteroatoms. The number of nitrogens with zero attached hydrogens (tertiary/aromatic N) is 2. The lowest BCUT2D eigenvalue weighted by Gasteiger charge is -2.45. The third-order valence-electron chi connectivity index (χ3n) is 7.67. The molecule has 0 radical (unpaired) electrons. The molecule has 0 aromatic heterocycles. The van der Waals surface area contributed by atoms with Gasteiger partial charge in [0.15, 0.2) is 0 Å². The Morgan fingerprint density at radius 1 is 1.06 bits per heavy atom. The molecule has 32 heavy (non-hydrogen) atoms. The van der Waals surface area contributed by atoms with Crippen LogP contribution in [-0.4, -0.2) is 20.9 Å². The van der Waals surface area contributed by atoms with Gasteiger partial charge in [0.2, 0.25) is 0 Å². The van der Waals surface area contributed by atoms with Crippen molar-refractivity contribution in [2.24, 2.45) is 23.7 Å². The van der Waals surface area contributed by atoms with Crippen molar-refractivity contribution in [2.75, 3.05) is 10.8 Å². The van der Waals surface area contributed by atoms with Gasteiger partial charge in [-0.1, -0.05) is 30.3 Å². The number of benzene rings is 2. The van der Waals surface area contributed by atoms with E-state index in [2.05, 4.69) is 12.1 Å². The fourth-order valence-corrected chi connectivity index (χ4v) is 9.01. The summed E-state index contributed by atoms with van der Waals surface area (Å²) in [5, 5.41) is 8.76. The van der Waals surface area contributed by atoms with Crippen LogP contribution < -0.4 is 4.31 Å². The van der Waals surface area contributed by atoms with Crippen LogP contribution in [0.3, 0.4) is 0 Å². The lowest BCUT2D eigenvalue weighted by Crippen LogP contribution is -2.33. The lowest BCUT2D eigenvalue weighted by molar-refractivity contribution is -0.137. The average molecular weight is 463 g/mol. The Balaban J connectivity index is 1.38. The second-order valence-electron chi connectivity index (χ2n) is 9.27. The Morgan fingerprint density at radius 2 is 1.81 bits per heavy atom. The largest absolute Gasteiger partial charge is 0.417 e. The number of anilines is 1. The van der Waals surface area contributed by atoms with Crippen molar-refractivity contribution >= 4 is 16.5 Å². The monoisotopic (exact) mass is 462 g/mol. The number of rotatable bonds is 4. The van der Waals surface area contributed by atoms with Crippen molar-refractivity contribution in [3.8, 4) is 6.07 Å². The molecule has 170 valence electrons. The fourth-order valence-electron chi connectivity index (χ4n) is 6.32. The highest BCUT2D eigenvalue weighted by Gasteiger charge is 2.62. The third-order valence-corrected chi connectivity index (χ3v) is 10.1. The van der Waals surface area contributed by atoms with E-state index < -0.39 is 28.1 Å². The molecular weight excluding hydrogens is 437 g/mol. The number of fused-ring (bicyclic) bond motifs is 5. The van der Waals surface area contributed by atoms with E-state index in [1.807, 2.05) is 18.2 Å². The summed E-state index contributed by atoms with van der Waals surface area (Å²) in [5.74, 6) is 1.05. The molecule has 0 unspecified atom stereocenters. The molecule has 0 spiro atoms. The van der Waals surface area contributed by atoms with E-state index in [9.17, 15) is 22.3 Å². The molecule has 2 aromatic carbocycles. The van der Waals surface area contributed by atoms with Gasteiger partial charge in [0.1, 0.15) is 0 Å². The van der Waals surface area contributed by atoms with Crippen molar-refractivity contribution in [1.82, 2.24) is 0 Å². The van der Waals surface area contributed by atoms with E-state index in [0.29, 0.717) is 18.4 Å². The molecule has 4 nitrogen and oxygen atoms in total. The summed E-state index contributed by atoms with van der Waals surface area (Å²) in [6, 6.07) is 15.2. The Hall–Kier alpha value is -2.21. The fraction of sp³-hybridized carbons (Fsp3) is 0.458. The van der Waals surface area contributed by atoms with Gasteiger partial charge in [-0.3, -0.25) is 13.4 Å². The number of alkyl halides is 3. The predicted octanol–water partition coefficient (Wildman–Crippen LogP) is 6.34. The normalized spacial score (nSPS) is 31.4. The first-order valence-corrected chi connectivity index (χ1v) is 12.5. The van der Waals surface area contributed by atoms with Crippen molar-refractivity contribution in [1.29, 1.82) is 5.26 Å². The van der Waals surface area contributed by atoms with Crippen molar-refractivity contribution in [3.63, 3.8) is 0 Å². The van der Waals surface area contributed by atoms with E-state index >= 15 is 0 Å². The van der Waals surface area contributed by atoms with Gasteiger partial charge < -0.3 is 0 Å². The Bertz CT molecular complexity index is 1050. The van der Waals surface area contributed by atoms with Crippen LogP contribution in [0.5, 0.6) is 0 Å². The highest BCUT2D eigenvalue weighted by Crippen LogP contribution is 2.71. The summed E-state index contributed by atoms with van der Waals surface area (Å²) in [7, 11) is -3.26. The van der Waals surface area contributed by atoms with E-state index in [4.69, 9.17) is 5.26 Å². The topological polar surface area (TPSA) is 67.5 Å². The maximum absolute atomic E-state index is 13.4. The first kappa shape index (κ1) is 21.6. The minimum atomic E-state index is -4.68. The first-order chi connectivity index (χ1) is 15.2. The maximum Gasteiger partial charge on any atom is 0.417 e. The van der Waals surface area contributed by atoms with Crippen molar-refractivity contribution in [3.05, 3.63) is 65.2 Å². The minimum Gasteiger partial charge on any atom is -0.281 e. The van der Waals surface area contributed by atoms with E-state index in [1.54, 1.807) is 6.07 Å². The summed E-state index contributed by atoms with van der Waals surface area (Å²) in [4.78, 5) is 0. The summed E-state index contributed by atoms with van der Waals surface area (Å²) < 4.78 is 64.2. The number of hydrogen-bond donors (Lipinski definition) is 2. The second-order valence-corrected chi connectivity index (χ2v) is 11.4. The number of halogens is 3. The molecule has 5 atom stereocenters. The number of aryl methyl sites for hydroxylation is 1. The molecule has 3 fully saturated rings. The standard InChI is InChI=1S/C24H25F3N2O2S/c25-24(26,27)22-12-19(9-8-17(22)13-28)29-14-21-18-10-16(7-6-15-4-2-1-3-5-15)20(11-18)23(21)32(29,30)31/h1-5,8-9,12,16,18,20-21,23,30-31H,6-7,10-11,14H2/t16-,18+,20+,21+,23-/m0/s1. The maximum atomic E-state index is 13.4. The zero-order chi connectivity index (χ0) is 22.7. The van der Waals surface area contributed by atoms with Crippen LogP contribution >= 0.6 is 10.8 Å². The average Bonchev–Trinajstić information content (AvgIpc) is 3.42. The molecule has 3 aliphatic rings. The minimum absolute atomic E-state index is 0.0861. The van der Waals surface area contributed by atoms with Crippen LogP contribution in [-0.2, 0) is 12.6 Å². The molecule has 0 amide bonds. The number of hydrogen-bond acceptors (Lipinski definition) is 4. The highest BCUT2D eigenvalue weighted by molar-refractivity contribution is 8.26. The zero-order valence-corrected chi connectivity index (χ0v) is 18.2. The van der Waals surface area contributed by atoms with Crippen LogP contribution in [0.15, 0.2) is 48.5 Å². The Labute approximate surface area is 187 Å². The third kappa shape index (κ3) is 3.47. The van der Waals surface area contributed by atoms with Gasteiger partial charge >= 0.3 is 6.18 Å². The SMILES string of the molecule is N#Cc1ccc(N2C[C@@H]3[C@@H]4C[C@H](CCc5ccccc5)[C@@H](C4)[C@@H]3S2(O)O)cc1C(F)(F)F. The van der Waals surface area contributed by atoms with Crippen LogP contribution in [0, 0.1) is 35.0 Å². The van der Waals surface area contributed by atoms with Crippen molar-refractivity contribution in [2.45, 2.75) is 37.1 Å². The van der Waals surface area contributed by atoms with Gasteiger partial charge in [0.25, 0.3) is 0 Å². The number of nitriles is 1. The van der Waals surface area contributed by atoms with E-state index in [1.165, 1.54) is 15.9 Å². The van der Waals surface area contributed by atoms with Gasteiger partial charge in [0.05, 0.1) is 28.1 Å². The zero-order valence-electron chi connectivity index (χ0n) is 17.4. The lowest BCUT2D eigenvalue weighted by atomic mass is 9.79. The van der Waals surface area contributed by atoms with Crippen LogP contribution in [0.25, 0.3) is 0 Å². The quantitative estimate of drug-likeness (QED) is 0.557. The highest BCUT2D eigenvalue weighted by atomic mass is 32.3. The first-order valence-electron chi connectivity index (χ1n) is 10.9. The molecule has 2 aliphatic carbocycles. The molecule has 2 bridgehead atoms. The molecule has 2 aromatic rings. The van der Waals surface area contributed by atoms with Gasteiger partial charge in [0, 0.05) is 12.5 Å². The van der Waals surface area contributed by atoms with Gasteiger partial charge in [-0.05, 0) is 67.2 Å². The predicted molar refractivity (Wildman–Crippen MR) is 118 cm³/mol. The van der Waals surface area contributed by atoms with Crippen LogP contribution in [0.1, 0.15) is 36.0 Å². The second kappa shape index (κ2) is 7.68. The summed E-state index contributed by atoms with van der Waals surface area (Å²) in [6.07, 6.45) is -0.734. The van der Waals surface area contributed by atoms with Crippen LogP contribution in [0.2, 0.25) is 0 Å². The molecule has 2 saturated carbocycles. The molecule has 5 rings (SSSR count). The smallest absolute Gasteiger partial charge is 0.281 e. The summed E-state index contributed by atoms with van der Waals surface area (Å²) in [6.45, 7) is 0.350. The molecule has 1 heterocycles. The van der Waals surface area contributed by atoms with E-state index in [-0.39, 0.29) is 22.8 Å². The van der Waals surface area contributed by atoms with Gasteiger partial charge in [-0.15, -0.1) is 10.8 Å².